The molecule has 0 bridgehead atoms. The maximum atomic E-state index is 12.0. The number of hydrogen-bond donors (Lipinski definition) is 1. The summed E-state index contributed by atoms with van der Waals surface area (Å²) in [5, 5.41) is 2.81. The van der Waals surface area contributed by atoms with E-state index in [9.17, 15) is 9.59 Å². The van der Waals surface area contributed by atoms with Gasteiger partial charge in [-0.2, -0.15) is 0 Å². The van der Waals surface area contributed by atoms with Crippen LogP contribution in [0.3, 0.4) is 0 Å². The van der Waals surface area contributed by atoms with Crippen LogP contribution in [-0.2, 0) is 20.7 Å². The van der Waals surface area contributed by atoms with E-state index in [1.54, 1.807) is 12.1 Å². The molecule has 5 nitrogen and oxygen atoms in total. The monoisotopic (exact) mass is 453 g/mol. The topological polar surface area (TPSA) is 64.6 Å². The van der Waals surface area contributed by atoms with E-state index in [1.165, 1.54) is 0 Å². The minimum Gasteiger partial charge on any atom is -0.482 e. The van der Waals surface area contributed by atoms with Crippen LogP contribution in [0.25, 0.3) is 0 Å². The minimum absolute atomic E-state index is 0.238. The Kier molecular flexibility index (Phi) is 7.24. The maximum Gasteiger partial charge on any atom is 0.344 e. The molecule has 0 fully saturated rings. The van der Waals surface area contributed by atoms with Crippen LogP contribution in [0.1, 0.15) is 18.1 Å². The summed E-state index contributed by atoms with van der Waals surface area (Å²) in [5.74, 6) is -0.380. The molecule has 0 saturated heterocycles. The van der Waals surface area contributed by atoms with Gasteiger partial charge in [0.1, 0.15) is 5.75 Å². The lowest BCUT2D eigenvalue weighted by molar-refractivity contribution is -0.149. The van der Waals surface area contributed by atoms with E-state index in [0.717, 1.165) is 26.8 Å². The van der Waals surface area contributed by atoms with Crippen molar-refractivity contribution < 1.29 is 19.1 Å². The second kappa shape index (κ2) is 9.41. The van der Waals surface area contributed by atoms with Crippen molar-refractivity contribution in [1.82, 2.24) is 0 Å². The number of amides is 1. The molecule has 0 atom stereocenters. The Bertz CT molecular complexity index is 744. The largest absolute Gasteiger partial charge is 0.482 e. The second-order valence-corrected chi connectivity index (χ2v) is 6.66. The molecule has 2 aromatic rings. The number of esters is 1. The van der Waals surface area contributed by atoms with Crippen molar-refractivity contribution in [1.29, 1.82) is 0 Å². The smallest absolute Gasteiger partial charge is 0.344 e. The van der Waals surface area contributed by atoms with Gasteiger partial charge in [0.25, 0.3) is 5.91 Å². The van der Waals surface area contributed by atoms with Crippen molar-refractivity contribution in [3.63, 3.8) is 0 Å². The molecule has 2 rings (SSSR count). The van der Waals surface area contributed by atoms with Gasteiger partial charge in [-0.25, -0.2) is 4.79 Å². The van der Waals surface area contributed by atoms with Crippen molar-refractivity contribution in [2.45, 2.75) is 20.3 Å². The standard InChI is InChI=1S/C19H20INO4/c1-3-14-6-4-5-13(2)19(14)21-17(22)11-25-18(23)12-24-16-9-7-15(20)8-10-16/h4-10H,3,11-12H2,1-2H3,(H,21,22). The molecule has 132 valence electrons. The zero-order chi connectivity index (χ0) is 18.2. The summed E-state index contributed by atoms with van der Waals surface area (Å²) in [6.45, 7) is 3.37. The molecule has 0 aliphatic carbocycles. The number of carbonyl (C=O) groups is 2. The van der Waals surface area contributed by atoms with Gasteiger partial charge < -0.3 is 14.8 Å². The van der Waals surface area contributed by atoms with Crippen LogP contribution in [0.15, 0.2) is 42.5 Å². The van der Waals surface area contributed by atoms with Crippen LogP contribution >= 0.6 is 22.6 Å². The Labute approximate surface area is 160 Å². The Hall–Kier alpha value is -2.09. The van der Waals surface area contributed by atoms with Gasteiger partial charge in [0.15, 0.2) is 13.2 Å². The molecule has 2 aromatic carbocycles. The number of aryl methyl sites for hydroxylation is 2. The van der Waals surface area contributed by atoms with E-state index in [4.69, 9.17) is 9.47 Å². The van der Waals surface area contributed by atoms with E-state index >= 15 is 0 Å². The first kappa shape index (κ1) is 19.2. The molecule has 0 saturated carbocycles. The van der Waals surface area contributed by atoms with Gasteiger partial charge in [0, 0.05) is 9.26 Å². The lowest BCUT2D eigenvalue weighted by Crippen LogP contribution is -2.24. The van der Waals surface area contributed by atoms with Crippen LogP contribution < -0.4 is 10.1 Å². The van der Waals surface area contributed by atoms with Gasteiger partial charge >= 0.3 is 5.97 Å². The van der Waals surface area contributed by atoms with Crippen LogP contribution in [0.5, 0.6) is 5.75 Å². The number of anilines is 1. The number of hydrogen-bond acceptors (Lipinski definition) is 4. The first-order valence-electron chi connectivity index (χ1n) is 7.92. The summed E-state index contributed by atoms with van der Waals surface area (Å²) in [4.78, 5) is 23.7. The van der Waals surface area contributed by atoms with Crippen molar-refractivity contribution in [3.8, 4) is 5.75 Å². The van der Waals surface area contributed by atoms with E-state index in [1.807, 2.05) is 44.2 Å². The maximum absolute atomic E-state index is 12.0. The Morgan fingerprint density at radius 1 is 1.08 bits per heavy atom. The molecule has 25 heavy (non-hydrogen) atoms. The summed E-state index contributed by atoms with van der Waals surface area (Å²) in [5.41, 5.74) is 2.80. The van der Waals surface area contributed by atoms with Crippen molar-refractivity contribution in [2.75, 3.05) is 18.5 Å². The highest BCUT2D eigenvalue weighted by Crippen LogP contribution is 2.20. The zero-order valence-electron chi connectivity index (χ0n) is 14.2. The van der Waals surface area contributed by atoms with E-state index < -0.39 is 5.97 Å². The first-order valence-corrected chi connectivity index (χ1v) is 8.99. The summed E-state index contributed by atoms with van der Waals surface area (Å²) < 4.78 is 11.4. The molecule has 0 heterocycles. The summed E-state index contributed by atoms with van der Waals surface area (Å²) in [6, 6.07) is 13.1. The van der Waals surface area contributed by atoms with Crippen molar-refractivity contribution in [3.05, 3.63) is 57.2 Å². The third kappa shape index (κ3) is 6.04. The minimum atomic E-state index is -0.589. The molecule has 1 N–H and O–H groups in total. The molecule has 0 spiro atoms. The van der Waals surface area contributed by atoms with E-state index in [2.05, 4.69) is 27.9 Å². The number of para-hydroxylation sites is 1. The molecular formula is C19H20INO4. The van der Waals surface area contributed by atoms with Gasteiger partial charge in [-0.15, -0.1) is 0 Å². The number of carbonyl (C=O) groups excluding carboxylic acids is 2. The highest BCUT2D eigenvalue weighted by molar-refractivity contribution is 14.1. The van der Waals surface area contributed by atoms with Gasteiger partial charge in [-0.05, 0) is 71.3 Å². The first-order chi connectivity index (χ1) is 12.0. The number of halogens is 1. The fourth-order valence-corrected chi connectivity index (χ4v) is 2.60. The number of nitrogens with one attached hydrogen (secondary N) is 1. The average Bonchev–Trinajstić information content (AvgIpc) is 2.61. The zero-order valence-corrected chi connectivity index (χ0v) is 16.3. The predicted molar refractivity (Wildman–Crippen MR) is 105 cm³/mol. The highest BCUT2D eigenvalue weighted by atomic mass is 127. The molecule has 0 aromatic heterocycles. The lowest BCUT2D eigenvalue weighted by atomic mass is 10.1. The molecule has 0 unspecified atom stereocenters. The van der Waals surface area contributed by atoms with Gasteiger partial charge in [0.05, 0.1) is 0 Å². The third-order valence-electron chi connectivity index (χ3n) is 3.54. The predicted octanol–water partition coefficient (Wildman–Crippen LogP) is 3.72. The average molecular weight is 453 g/mol. The van der Waals surface area contributed by atoms with Crippen molar-refractivity contribution in [2.24, 2.45) is 0 Å². The fourth-order valence-electron chi connectivity index (χ4n) is 2.24. The second-order valence-electron chi connectivity index (χ2n) is 5.41. The van der Waals surface area contributed by atoms with Crippen LogP contribution in [0.4, 0.5) is 5.69 Å². The molecule has 0 aliphatic rings. The summed E-state index contributed by atoms with van der Waals surface area (Å²) in [6.07, 6.45) is 0.806. The van der Waals surface area contributed by atoms with Gasteiger partial charge in [-0.1, -0.05) is 25.1 Å². The van der Waals surface area contributed by atoms with Gasteiger partial charge in [-0.3, -0.25) is 4.79 Å². The number of benzene rings is 2. The van der Waals surface area contributed by atoms with Crippen LogP contribution in [0, 0.1) is 10.5 Å². The van der Waals surface area contributed by atoms with Crippen molar-refractivity contribution >= 4 is 40.2 Å². The quantitative estimate of drug-likeness (QED) is 0.513. The van der Waals surface area contributed by atoms with E-state index in [-0.39, 0.29) is 19.1 Å². The molecule has 0 radical (unpaired) electrons. The Morgan fingerprint density at radius 3 is 2.48 bits per heavy atom. The van der Waals surface area contributed by atoms with E-state index in [0.29, 0.717) is 5.75 Å². The highest BCUT2D eigenvalue weighted by Gasteiger charge is 2.11. The molecule has 0 aliphatic heterocycles. The summed E-state index contributed by atoms with van der Waals surface area (Å²) >= 11 is 2.18. The molecule has 6 heteroatoms. The fraction of sp³-hybridized carbons (Fsp3) is 0.263. The van der Waals surface area contributed by atoms with Crippen LogP contribution in [0.2, 0.25) is 0 Å². The number of ether oxygens (including phenoxy) is 2. The Balaban J connectivity index is 1.80. The molecule has 1 amide bonds. The SMILES string of the molecule is CCc1cccc(C)c1NC(=O)COC(=O)COc1ccc(I)cc1. The molecular weight excluding hydrogens is 433 g/mol. The number of rotatable bonds is 7. The normalized spacial score (nSPS) is 10.2. The van der Waals surface area contributed by atoms with Gasteiger partial charge in [0.2, 0.25) is 0 Å². The third-order valence-corrected chi connectivity index (χ3v) is 4.26. The van der Waals surface area contributed by atoms with Crippen LogP contribution in [-0.4, -0.2) is 25.1 Å². The summed E-state index contributed by atoms with van der Waals surface area (Å²) in [7, 11) is 0. The lowest BCUT2D eigenvalue weighted by Gasteiger charge is -2.13. The Morgan fingerprint density at radius 2 is 1.80 bits per heavy atom.